The summed E-state index contributed by atoms with van der Waals surface area (Å²) in [4.78, 5) is 38.1. The second kappa shape index (κ2) is 55.7. The Kier molecular flexibility index (Phi) is 53.3. The molecule has 6 nitrogen and oxygen atoms in total. The quantitative estimate of drug-likeness (QED) is 0.0262. The molecule has 0 heterocycles. The molecule has 0 aromatic carbocycles. The van der Waals surface area contributed by atoms with Crippen molar-refractivity contribution in [1.82, 2.24) is 0 Å². The van der Waals surface area contributed by atoms with Gasteiger partial charge in [-0.2, -0.15) is 0 Å². The highest BCUT2D eigenvalue weighted by Crippen LogP contribution is 2.16. The van der Waals surface area contributed by atoms with Gasteiger partial charge in [-0.3, -0.25) is 14.4 Å². The zero-order valence-electron chi connectivity index (χ0n) is 44.4. The molecule has 0 aliphatic heterocycles. The highest BCUT2D eigenvalue weighted by Gasteiger charge is 2.19. The summed E-state index contributed by atoms with van der Waals surface area (Å²) >= 11 is 0. The molecular formula is C61H108O6. The van der Waals surface area contributed by atoms with E-state index in [9.17, 15) is 14.4 Å². The van der Waals surface area contributed by atoms with E-state index in [1.807, 2.05) is 0 Å². The normalized spacial score (nSPS) is 12.5. The number of unbranched alkanes of at least 4 members (excludes halogenated alkanes) is 31. The van der Waals surface area contributed by atoms with Crippen LogP contribution in [0.1, 0.15) is 290 Å². The molecular weight excluding hydrogens is 829 g/mol. The van der Waals surface area contributed by atoms with Gasteiger partial charge in [0.15, 0.2) is 6.10 Å². The van der Waals surface area contributed by atoms with Gasteiger partial charge in [0.25, 0.3) is 0 Å². The van der Waals surface area contributed by atoms with Gasteiger partial charge >= 0.3 is 17.9 Å². The predicted molar refractivity (Wildman–Crippen MR) is 288 cm³/mol. The van der Waals surface area contributed by atoms with Gasteiger partial charge in [0.1, 0.15) is 13.2 Å². The van der Waals surface area contributed by atoms with Crippen molar-refractivity contribution in [2.24, 2.45) is 0 Å². The van der Waals surface area contributed by atoms with Crippen LogP contribution >= 0.6 is 0 Å². The fraction of sp³-hybridized carbons (Fsp3) is 0.787. The predicted octanol–water partition coefficient (Wildman–Crippen LogP) is 19.2. The van der Waals surface area contributed by atoms with E-state index in [-0.39, 0.29) is 31.1 Å². The van der Waals surface area contributed by atoms with Crippen LogP contribution in [0.2, 0.25) is 0 Å². The number of hydrogen-bond donors (Lipinski definition) is 0. The fourth-order valence-electron chi connectivity index (χ4n) is 8.19. The van der Waals surface area contributed by atoms with Crippen LogP contribution in [-0.4, -0.2) is 37.2 Å². The molecule has 0 unspecified atom stereocenters. The van der Waals surface area contributed by atoms with Crippen LogP contribution in [-0.2, 0) is 28.6 Å². The standard InChI is InChI=1S/C61H108O6/c1-4-7-10-13-16-19-22-25-27-28-29-30-31-32-34-37-40-43-46-49-52-55-61(64)67-58(56-65-59(62)53-50-47-44-41-38-35-24-21-18-15-12-9-6-3)57-66-60(63)54-51-48-45-42-39-36-33-26-23-20-17-14-11-8-5-2/h8,11,17,20-21,24,26,33,39,42,58H,4-7,9-10,12-16,18-19,22-23,25,27-32,34-38,40-41,43-57H2,1-3H3/b11-8-,20-17-,24-21-,33-26-,42-39-/t58-/m0/s1. The maximum atomic E-state index is 12.9. The lowest BCUT2D eigenvalue weighted by Gasteiger charge is -2.18. The SMILES string of the molecule is CC/C=C\C/C=C\C/C=C\C/C=C\CCCCC(=O)OC[C@H](COC(=O)CCCCCCC/C=C\CCCCCC)OC(=O)CCCCCCCCCCCCCCCCCCCCCCC. The molecule has 0 amide bonds. The van der Waals surface area contributed by atoms with Crippen LogP contribution in [0.25, 0.3) is 0 Å². The number of hydrogen-bond acceptors (Lipinski definition) is 6. The molecule has 0 bridgehead atoms. The molecule has 6 heteroatoms. The molecule has 0 aliphatic carbocycles. The first-order valence-corrected chi connectivity index (χ1v) is 28.8. The minimum Gasteiger partial charge on any atom is -0.462 e. The molecule has 388 valence electrons. The van der Waals surface area contributed by atoms with Crippen molar-refractivity contribution in [3.05, 3.63) is 60.8 Å². The molecule has 0 fully saturated rings. The summed E-state index contributed by atoms with van der Waals surface area (Å²) in [5.74, 6) is -0.929. The van der Waals surface area contributed by atoms with E-state index in [0.717, 1.165) is 89.9 Å². The Morgan fingerprint density at radius 1 is 0.313 bits per heavy atom. The van der Waals surface area contributed by atoms with Crippen molar-refractivity contribution in [1.29, 1.82) is 0 Å². The number of allylic oxidation sites excluding steroid dienone is 10. The second-order valence-corrected chi connectivity index (χ2v) is 19.2. The Balaban J connectivity index is 4.36. The lowest BCUT2D eigenvalue weighted by molar-refractivity contribution is -0.167. The molecule has 0 saturated carbocycles. The molecule has 0 spiro atoms. The maximum absolute atomic E-state index is 12.9. The molecule has 67 heavy (non-hydrogen) atoms. The minimum absolute atomic E-state index is 0.0895. The van der Waals surface area contributed by atoms with Crippen molar-refractivity contribution >= 4 is 17.9 Å². The zero-order chi connectivity index (χ0) is 48.6. The first-order chi connectivity index (χ1) is 33.0. The molecule has 0 rings (SSSR count). The van der Waals surface area contributed by atoms with Gasteiger partial charge in [-0.15, -0.1) is 0 Å². The van der Waals surface area contributed by atoms with Gasteiger partial charge in [-0.1, -0.05) is 248 Å². The summed E-state index contributed by atoms with van der Waals surface area (Å²) < 4.78 is 16.8. The highest BCUT2D eigenvalue weighted by molar-refractivity contribution is 5.71. The average molecular weight is 938 g/mol. The van der Waals surface area contributed by atoms with E-state index in [1.54, 1.807) is 0 Å². The first-order valence-electron chi connectivity index (χ1n) is 28.8. The monoisotopic (exact) mass is 937 g/mol. The Morgan fingerprint density at radius 3 is 0.970 bits per heavy atom. The third kappa shape index (κ3) is 53.9. The summed E-state index contributed by atoms with van der Waals surface area (Å²) in [6, 6.07) is 0. The number of carbonyl (C=O) groups is 3. The van der Waals surface area contributed by atoms with Crippen molar-refractivity contribution in [2.45, 2.75) is 297 Å². The van der Waals surface area contributed by atoms with E-state index in [0.29, 0.717) is 19.3 Å². The van der Waals surface area contributed by atoms with Gasteiger partial charge in [0.2, 0.25) is 0 Å². The van der Waals surface area contributed by atoms with Crippen molar-refractivity contribution < 1.29 is 28.6 Å². The zero-order valence-corrected chi connectivity index (χ0v) is 44.4. The van der Waals surface area contributed by atoms with E-state index in [4.69, 9.17) is 14.2 Å². The molecule has 0 radical (unpaired) electrons. The van der Waals surface area contributed by atoms with Gasteiger partial charge < -0.3 is 14.2 Å². The van der Waals surface area contributed by atoms with Crippen LogP contribution in [0.15, 0.2) is 60.8 Å². The average Bonchev–Trinajstić information content (AvgIpc) is 3.33. The van der Waals surface area contributed by atoms with E-state index >= 15 is 0 Å². The Bertz CT molecular complexity index is 1210. The summed E-state index contributed by atoms with van der Waals surface area (Å²) in [5.41, 5.74) is 0. The van der Waals surface area contributed by atoms with Crippen LogP contribution in [0.3, 0.4) is 0 Å². The third-order valence-electron chi connectivity index (χ3n) is 12.5. The van der Waals surface area contributed by atoms with Crippen LogP contribution in [0.5, 0.6) is 0 Å². The number of ether oxygens (including phenoxy) is 3. The molecule has 0 saturated heterocycles. The van der Waals surface area contributed by atoms with Gasteiger partial charge in [0.05, 0.1) is 0 Å². The van der Waals surface area contributed by atoms with E-state index < -0.39 is 6.10 Å². The van der Waals surface area contributed by atoms with Gasteiger partial charge in [0, 0.05) is 19.3 Å². The van der Waals surface area contributed by atoms with E-state index in [1.165, 1.54) is 161 Å². The smallest absolute Gasteiger partial charge is 0.306 e. The number of rotatable bonds is 52. The van der Waals surface area contributed by atoms with Crippen molar-refractivity contribution in [3.8, 4) is 0 Å². The topological polar surface area (TPSA) is 78.9 Å². The van der Waals surface area contributed by atoms with Crippen LogP contribution in [0.4, 0.5) is 0 Å². The second-order valence-electron chi connectivity index (χ2n) is 19.2. The van der Waals surface area contributed by atoms with Gasteiger partial charge in [-0.05, 0) is 83.5 Å². The Labute approximate surface area is 415 Å². The Hall–Kier alpha value is -2.89. The van der Waals surface area contributed by atoms with Gasteiger partial charge in [-0.25, -0.2) is 0 Å². The lowest BCUT2D eigenvalue weighted by atomic mass is 10.0. The summed E-state index contributed by atoms with van der Waals surface area (Å²) in [6.07, 6.45) is 69.3. The van der Waals surface area contributed by atoms with Crippen molar-refractivity contribution in [2.75, 3.05) is 13.2 Å². The minimum atomic E-state index is -0.792. The summed E-state index contributed by atoms with van der Waals surface area (Å²) in [7, 11) is 0. The molecule has 0 N–H and O–H groups in total. The van der Waals surface area contributed by atoms with E-state index in [2.05, 4.69) is 81.5 Å². The molecule has 0 aromatic rings. The number of carbonyl (C=O) groups excluding carboxylic acids is 3. The molecule has 1 atom stereocenters. The first kappa shape index (κ1) is 64.1. The van der Waals surface area contributed by atoms with Crippen LogP contribution < -0.4 is 0 Å². The van der Waals surface area contributed by atoms with Crippen molar-refractivity contribution in [3.63, 3.8) is 0 Å². The maximum Gasteiger partial charge on any atom is 0.306 e. The third-order valence-corrected chi connectivity index (χ3v) is 12.5. The largest absolute Gasteiger partial charge is 0.462 e. The summed E-state index contributed by atoms with van der Waals surface area (Å²) in [6.45, 7) is 6.50. The summed E-state index contributed by atoms with van der Waals surface area (Å²) in [5, 5.41) is 0. The molecule has 0 aliphatic rings. The Morgan fingerprint density at radius 2 is 0.582 bits per heavy atom. The lowest BCUT2D eigenvalue weighted by Crippen LogP contribution is -2.30. The number of esters is 3. The molecule has 0 aromatic heterocycles. The highest BCUT2D eigenvalue weighted by atomic mass is 16.6. The van der Waals surface area contributed by atoms with Crippen LogP contribution in [0, 0.1) is 0 Å². The fourth-order valence-corrected chi connectivity index (χ4v) is 8.19.